The van der Waals surface area contributed by atoms with Crippen molar-refractivity contribution in [2.24, 2.45) is 5.10 Å². The number of nitrogen functional groups attached to an aromatic ring is 1. The summed E-state index contributed by atoms with van der Waals surface area (Å²) < 4.78 is 26.2. The SMILES string of the molecule is Nc1ccc(S(=O)(=O)NC2NN=C(C(=O)O)S2)cc1. The largest absolute Gasteiger partial charge is 0.476 e. The molecule has 1 aliphatic rings. The molecule has 1 aromatic carbocycles. The second-order valence-electron chi connectivity index (χ2n) is 3.54. The molecule has 2 rings (SSSR count). The number of aliphatic carboxylic acids is 1. The van der Waals surface area contributed by atoms with E-state index in [0.717, 1.165) is 11.8 Å². The first kappa shape index (κ1) is 13.6. The molecule has 5 N–H and O–H groups in total. The number of anilines is 1. The van der Waals surface area contributed by atoms with Gasteiger partial charge in [0.1, 0.15) is 0 Å². The highest BCUT2D eigenvalue weighted by atomic mass is 32.2. The van der Waals surface area contributed by atoms with Crippen LogP contribution in [-0.2, 0) is 14.8 Å². The van der Waals surface area contributed by atoms with E-state index in [1.165, 1.54) is 24.3 Å². The zero-order chi connectivity index (χ0) is 14.0. The summed E-state index contributed by atoms with van der Waals surface area (Å²) in [6.07, 6.45) is 0. The number of nitrogens with two attached hydrogens (primary N) is 1. The highest BCUT2D eigenvalue weighted by Gasteiger charge is 2.28. The maximum Gasteiger partial charge on any atom is 0.363 e. The molecule has 0 fully saturated rings. The number of rotatable bonds is 4. The van der Waals surface area contributed by atoms with Crippen molar-refractivity contribution in [1.82, 2.24) is 10.1 Å². The smallest absolute Gasteiger partial charge is 0.363 e. The molecule has 1 heterocycles. The van der Waals surface area contributed by atoms with E-state index >= 15 is 0 Å². The van der Waals surface area contributed by atoms with Crippen LogP contribution in [0.3, 0.4) is 0 Å². The molecule has 10 heteroatoms. The Kier molecular flexibility index (Phi) is 3.64. The van der Waals surface area contributed by atoms with Crippen LogP contribution in [0.5, 0.6) is 0 Å². The van der Waals surface area contributed by atoms with Crippen molar-refractivity contribution in [3.63, 3.8) is 0 Å². The topological polar surface area (TPSA) is 134 Å². The van der Waals surface area contributed by atoms with Crippen LogP contribution < -0.4 is 15.9 Å². The van der Waals surface area contributed by atoms with Crippen molar-refractivity contribution in [1.29, 1.82) is 0 Å². The molecule has 8 nitrogen and oxygen atoms in total. The van der Waals surface area contributed by atoms with E-state index in [9.17, 15) is 13.2 Å². The molecule has 19 heavy (non-hydrogen) atoms. The number of nitrogens with one attached hydrogen (secondary N) is 2. The summed E-state index contributed by atoms with van der Waals surface area (Å²) in [6, 6.07) is 5.64. The Hall–Kier alpha value is -1.78. The molecule has 0 aromatic heterocycles. The number of thioether (sulfide) groups is 1. The maximum absolute atomic E-state index is 12.0. The fraction of sp³-hybridized carbons (Fsp3) is 0.111. The lowest BCUT2D eigenvalue weighted by Gasteiger charge is -2.12. The molecular formula is C9H10N4O4S2. The summed E-state index contributed by atoms with van der Waals surface area (Å²) in [4.78, 5) is 10.7. The van der Waals surface area contributed by atoms with Crippen LogP contribution in [-0.4, -0.2) is 30.0 Å². The number of hydrogen-bond donors (Lipinski definition) is 4. The van der Waals surface area contributed by atoms with Gasteiger partial charge < -0.3 is 10.8 Å². The number of carboxylic acids is 1. The summed E-state index contributed by atoms with van der Waals surface area (Å²) in [5.41, 5.74) is 7.45. The summed E-state index contributed by atoms with van der Waals surface area (Å²) in [7, 11) is -3.76. The summed E-state index contributed by atoms with van der Waals surface area (Å²) >= 11 is 0.768. The van der Waals surface area contributed by atoms with E-state index in [2.05, 4.69) is 15.2 Å². The number of carboxylic acid groups (broad SMARTS) is 1. The van der Waals surface area contributed by atoms with Gasteiger partial charge in [-0.25, -0.2) is 13.2 Å². The third-order valence-corrected chi connectivity index (χ3v) is 4.68. The molecule has 0 spiro atoms. The lowest BCUT2D eigenvalue weighted by Crippen LogP contribution is -2.38. The van der Waals surface area contributed by atoms with E-state index in [0.29, 0.717) is 5.69 Å². The van der Waals surface area contributed by atoms with Gasteiger partial charge in [0.25, 0.3) is 0 Å². The van der Waals surface area contributed by atoms with Gasteiger partial charge in [-0.05, 0) is 24.3 Å². The molecule has 1 atom stereocenters. The normalized spacial score (nSPS) is 18.7. The Morgan fingerprint density at radius 3 is 2.58 bits per heavy atom. The van der Waals surface area contributed by atoms with E-state index < -0.39 is 21.5 Å². The lowest BCUT2D eigenvalue weighted by atomic mass is 10.3. The minimum Gasteiger partial charge on any atom is -0.476 e. The van der Waals surface area contributed by atoms with Gasteiger partial charge in [0.2, 0.25) is 15.1 Å². The van der Waals surface area contributed by atoms with Crippen LogP contribution in [0.25, 0.3) is 0 Å². The van der Waals surface area contributed by atoms with Crippen LogP contribution in [0.15, 0.2) is 34.3 Å². The van der Waals surface area contributed by atoms with Crippen molar-refractivity contribution >= 4 is 38.5 Å². The fourth-order valence-corrected chi connectivity index (χ4v) is 3.36. The number of nitrogens with zero attached hydrogens (tertiary/aromatic N) is 1. The minimum absolute atomic E-state index is 0.0351. The number of hydrazone groups is 1. The number of hydrogen-bond acceptors (Lipinski definition) is 7. The van der Waals surface area contributed by atoms with Gasteiger partial charge in [0.15, 0.2) is 5.50 Å². The van der Waals surface area contributed by atoms with Gasteiger partial charge in [0.05, 0.1) is 4.90 Å². The lowest BCUT2D eigenvalue weighted by molar-refractivity contribution is -0.129. The van der Waals surface area contributed by atoms with Crippen molar-refractivity contribution in [2.45, 2.75) is 10.4 Å². The molecule has 1 aromatic rings. The second kappa shape index (κ2) is 5.07. The van der Waals surface area contributed by atoms with Crippen LogP contribution in [0, 0.1) is 0 Å². The van der Waals surface area contributed by atoms with Gasteiger partial charge in [-0.1, -0.05) is 11.8 Å². The first-order valence-corrected chi connectivity index (χ1v) is 7.36. The van der Waals surface area contributed by atoms with E-state index in [1.807, 2.05) is 0 Å². The third kappa shape index (κ3) is 3.16. The number of sulfonamides is 1. The van der Waals surface area contributed by atoms with E-state index in [-0.39, 0.29) is 9.94 Å². The van der Waals surface area contributed by atoms with Crippen molar-refractivity contribution < 1.29 is 18.3 Å². The zero-order valence-electron chi connectivity index (χ0n) is 9.40. The Bertz CT molecular complexity index is 626. The Labute approximate surface area is 113 Å². The van der Waals surface area contributed by atoms with Crippen molar-refractivity contribution in [3.05, 3.63) is 24.3 Å². The van der Waals surface area contributed by atoms with Crippen LogP contribution in [0.4, 0.5) is 5.69 Å². The van der Waals surface area contributed by atoms with Crippen LogP contribution >= 0.6 is 11.8 Å². The summed E-state index contributed by atoms with van der Waals surface area (Å²) in [5, 5.41) is 12.0. The van der Waals surface area contributed by atoms with Gasteiger partial charge in [-0.15, -0.1) is 0 Å². The Morgan fingerprint density at radius 2 is 2.05 bits per heavy atom. The summed E-state index contributed by atoms with van der Waals surface area (Å²) in [5.74, 6) is -1.22. The third-order valence-electron chi connectivity index (χ3n) is 2.15. The molecule has 1 unspecified atom stereocenters. The van der Waals surface area contributed by atoms with Gasteiger partial charge in [0, 0.05) is 5.69 Å². The maximum atomic E-state index is 12.0. The first-order chi connectivity index (χ1) is 8.88. The highest BCUT2D eigenvalue weighted by Crippen LogP contribution is 2.18. The van der Waals surface area contributed by atoms with Crippen molar-refractivity contribution in [3.8, 4) is 0 Å². The van der Waals surface area contributed by atoms with Crippen LogP contribution in [0.1, 0.15) is 0 Å². The van der Waals surface area contributed by atoms with Gasteiger partial charge in [-0.2, -0.15) is 9.82 Å². The molecule has 0 bridgehead atoms. The van der Waals surface area contributed by atoms with Crippen molar-refractivity contribution in [2.75, 3.05) is 5.73 Å². The fourth-order valence-electron chi connectivity index (χ4n) is 1.29. The molecule has 0 amide bonds. The minimum atomic E-state index is -3.76. The van der Waals surface area contributed by atoms with Crippen LogP contribution in [0.2, 0.25) is 0 Å². The number of carbonyl (C=O) groups is 1. The average Bonchev–Trinajstić information content (AvgIpc) is 2.77. The Morgan fingerprint density at radius 1 is 1.42 bits per heavy atom. The number of benzene rings is 1. The highest BCUT2D eigenvalue weighted by molar-refractivity contribution is 8.16. The molecule has 0 aliphatic carbocycles. The Balaban J connectivity index is 2.07. The molecule has 102 valence electrons. The predicted octanol–water partition coefficient (Wildman–Crippen LogP) is -0.435. The first-order valence-electron chi connectivity index (χ1n) is 4.99. The molecule has 0 radical (unpaired) electrons. The monoisotopic (exact) mass is 302 g/mol. The average molecular weight is 302 g/mol. The summed E-state index contributed by atoms with van der Waals surface area (Å²) in [6.45, 7) is 0. The molecule has 0 saturated carbocycles. The van der Waals surface area contributed by atoms with E-state index in [1.54, 1.807) is 0 Å². The standard InChI is InChI=1S/C9H10N4O4S2/c10-5-1-3-6(4-2-5)19(16,17)13-9-12-11-7(18-9)8(14)15/h1-4,9,12-13H,10H2,(H,14,15). The van der Waals surface area contributed by atoms with E-state index in [4.69, 9.17) is 10.8 Å². The molecular weight excluding hydrogens is 292 g/mol. The van der Waals surface area contributed by atoms with Gasteiger partial charge in [-0.3, -0.25) is 5.43 Å². The molecule has 0 saturated heterocycles. The second-order valence-corrected chi connectivity index (χ2v) is 6.35. The molecule has 1 aliphatic heterocycles. The predicted molar refractivity (Wildman–Crippen MR) is 70.8 cm³/mol. The zero-order valence-corrected chi connectivity index (χ0v) is 11.0. The quantitative estimate of drug-likeness (QED) is 0.554. The van der Waals surface area contributed by atoms with Gasteiger partial charge >= 0.3 is 5.97 Å².